The van der Waals surface area contributed by atoms with E-state index in [2.05, 4.69) is 0 Å². The number of rotatable bonds is 6. The molecule has 0 aliphatic rings. The Balaban J connectivity index is 1.80. The molecule has 0 heterocycles. The molecule has 132 valence electrons. The molecule has 0 bridgehead atoms. The third-order valence-electron chi connectivity index (χ3n) is 4.20. The zero-order valence-corrected chi connectivity index (χ0v) is 15.3. The average molecular weight is 365 g/mol. The number of amides is 1. The van der Waals surface area contributed by atoms with Gasteiger partial charge in [-0.3, -0.25) is 4.79 Å². The van der Waals surface area contributed by atoms with Gasteiger partial charge in [0.1, 0.15) is 5.82 Å². The van der Waals surface area contributed by atoms with Crippen molar-refractivity contribution in [2.24, 2.45) is 0 Å². The van der Waals surface area contributed by atoms with Crippen LogP contribution >= 0.6 is 11.8 Å². The fourth-order valence-electron chi connectivity index (χ4n) is 2.86. The Morgan fingerprint density at radius 3 is 1.92 bits per heavy atom. The first kappa shape index (κ1) is 18.2. The topological polar surface area (TPSA) is 20.3 Å². The second kappa shape index (κ2) is 8.68. The van der Waals surface area contributed by atoms with Crippen molar-refractivity contribution in [1.29, 1.82) is 0 Å². The quantitative estimate of drug-likeness (QED) is 0.562. The molecule has 1 amide bonds. The van der Waals surface area contributed by atoms with Crippen molar-refractivity contribution in [2.75, 3.05) is 12.8 Å². The van der Waals surface area contributed by atoms with Gasteiger partial charge in [-0.15, -0.1) is 11.8 Å². The molecule has 3 aromatic carbocycles. The molecule has 4 heteroatoms. The van der Waals surface area contributed by atoms with Crippen molar-refractivity contribution in [2.45, 2.75) is 10.9 Å². The van der Waals surface area contributed by atoms with Crippen LogP contribution in [0.15, 0.2) is 89.8 Å². The van der Waals surface area contributed by atoms with Gasteiger partial charge in [-0.2, -0.15) is 0 Å². The molecule has 0 aliphatic heterocycles. The molecule has 0 radical (unpaired) electrons. The summed E-state index contributed by atoms with van der Waals surface area (Å²) in [6.07, 6.45) is 0. The first-order chi connectivity index (χ1) is 12.7. The van der Waals surface area contributed by atoms with Crippen LogP contribution < -0.4 is 0 Å². The van der Waals surface area contributed by atoms with Crippen LogP contribution in [-0.2, 0) is 4.79 Å². The summed E-state index contributed by atoms with van der Waals surface area (Å²) in [6.45, 7) is 0. The highest BCUT2D eigenvalue weighted by Gasteiger charge is 2.23. The third kappa shape index (κ3) is 4.33. The predicted octanol–water partition coefficient (Wildman–Crippen LogP) is 5.17. The number of thioether (sulfide) groups is 1. The SMILES string of the molecule is CN(C(=O)CSc1ccccc1F)C(c1ccccc1)c1ccccc1. The van der Waals surface area contributed by atoms with Gasteiger partial charge in [0.2, 0.25) is 5.91 Å². The molecule has 2 nitrogen and oxygen atoms in total. The molecule has 0 unspecified atom stereocenters. The van der Waals surface area contributed by atoms with E-state index in [1.54, 1.807) is 30.1 Å². The van der Waals surface area contributed by atoms with Crippen molar-refractivity contribution in [3.8, 4) is 0 Å². The molecule has 0 aromatic heterocycles. The monoisotopic (exact) mass is 365 g/mol. The standard InChI is InChI=1S/C22H20FNOS/c1-24(21(25)16-26-20-15-9-8-14-19(20)23)22(17-10-4-2-5-11-17)18-12-6-3-7-13-18/h2-15,22H,16H2,1H3. The molecule has 0 atom stereocenters. The van der Waals surface area contributed by atoms with E-state index < -0.39 is 0 Å². The Bertz CT molecular complexity index is 815. The van der Waals surface area contributed by atoms with Gasteiger partial charge in [0.05, 0.1) is 11.8 Å². The number of hydrogen-bond acceptors (Lipinski definition) is 2. The summed E-state index contributed by atoms with van der Waals surface area (Å²) in [7, 11) is 1.80. The zero-order chi connectivity index (χ0) is 18.4. The van der Waals surface area contributed by atoms with E-state index in [0.717, 1.165) is 11.1 Å². The highest BCUT2D eigenvalue weighted by Crippen LogP contribution is 2.29. The first-order valence-electron chi connectivity index (χ1n) is 8.39. The van der Waals surface area contributed by atoms with Gasteiger partial charge in [0.25, 0.3) is 0 Å². The number of nitrogens with zero attached hydrogens (tertiary/aromatic N) is 1. The van der Waals surface area contributed by atoms with E-state index in [1.165, 1.54) is 17.8 Å². The maximum atomic E-state index is 13.8. The normalized spacial score (nSPS) is 10.7. The number of benzene rings is 3. The Labute approximate surface area is 157 Å². The first-order valence-corrected chi connectivity index (χ1v) is 9.38. The van der Waals surface area contributed by atoms with Gasteiger partial charge < -0.3 is 4.90 Å². The van der Waals surface area contributed by atoms with E-state index in [-0.39, 0.29) is 23.5 Å². The Morgan fingerprint density at radius 2 is 1.38 bits per heavy atom. The van der Waals surface area contributed by atoms with Crippen molar-refractivity contribution in [3.05, 3.63) is 102 Å². The van der Waals surface area contributed by atoms with E-state index in [1.807, 2.05) is 60.7 Å². The molecule has 0 spiro atoms. The molecule has 3 aromatic rings. The van der Waals surface area contributed by atoms with Crippen molar-refractivity contribution >= 4 is 17.7 Å². The molecular formula is C22H20FNOS. The van der Waals surface area contributed by atoms with Gasteiger partial charge in [-0.25, -0.2) is 4.39 Å². The number of carbonyl (C=O) groups excluding carboxylic acids is 1. The molecule has 26 heavy (non-hydrogen) atoms. The fraction of sp³-hybridized carbons (Fsp3) is 0.136. The summed E-state index contributed by atoms with van der Waals surface area (Å²) >= 11 is 1.23. The average Bonchev–Trinajstić information content (AvgIpc) is 2.69. The van der Waals surface area contributed by atoms with Gasteiger partial charge >= 0.3 is 0 Å². The predicted molar refractivity (Wildman–Crippen MR) is 105 cm³/mol. The van der Waals surface area contributed by atoms with E-state index >= 15 is 0 Å². The summed E-state index contributed by atoms with van der Waals surface area (Å²) in [6, 6.07) is 26.2. The van der Waals surface area contributed by atoms with Crippen LogP contribution in [-0.4, -0.2) is 23.6 Å². The largest absolute Gasteiger partial charge is 0.334 e. The molecule has 0 fully saturated rings. The van der Waals surface area contributed by atoms with E-state index in [9.17, 15) is 9.18 Å². The van der Waals surface area contributed by atoms with Crippen LogP contribution in [0.1, 0.15) is 17.2 Å². The van der Waals surface area contributed by atoms with Crippen molar-refractivity contribution in [1.82, 2.24) is 4.90 Å². The van der Waals surface area contributed by atoms with Crippen molar-refractivity contribution < 1.29 is 9.18 Å². The third-order valence-corrected chi connectivity index (χ3v) is 5.23. The van der Waals surface area contributed by atoms with Gasteiger partial charge in [-0.1, -0.05) is 72.8 Å². The minimum atomic E-state index is -0.296. The molecule has 0 saturated heterocycles. The van der Waals surface area contributed by atoms with Crippen LogP contribution in [0.4, 0.5) is 4.39 Å². The summed E-state index contributed by atoms with van der Waals surface area (Å²) in [4.78, 5) is 15.0. The Hall–Kier alpha value is -2.59. The van der Waals surface area contributed by atoms with Crippen LogP contribution in [0.5, 0.6) is 0 Å². The van der Waals surface area contributed by atoms with Gasteiger partial charge in [-0.05, 0) is 23.3 Å². The van der Waals surface area contributed by atoms with Crippen molar-refractivity contribution in [3.63, 3.8) is 0 Å². The van der Waals surface area contributed by atoms with E-state index in [4.69, 9.17) is 0 Å². The molecule has 0 aliphatic carbocycles. The van der Waals surface area contributed by atoms with Crippen LogP contribution in [0.25, 0.3) is 0 Å². The summed E-state index contributed by atoms with van der Waals surface area (Å²) in [5, 5.41) is 0. The van der Waals surface area contributed by atoms with Crippen LogP contribution in [0, 0.1) is 5.82 Å². The molecule has 0 N–H and O–H groups in total. The van der Waals surface area contributed by atoms with Gasteiger partial charge in [0, 0.05) is 11.9 Å². The Kier molecular flexibility index (Phi) is 6.08. The van der Waals surface area contributed by atoms with E-state index in [0.29, 0.717) is 4.90 Å². The van der Waals surface area contributed by atoms with Crippen LogP contribution in [0.2, 0.25) is 0 Å². The number of halogens is 1. The number of hydrogen-bond donors (Lipinski definition) is 0. The maximum absolute atomic E-state index is 13.8. The smallest absolute Gasteiger partial charge is 0.233 e. The Morgan fingerprint density at radius 1 is 0.885 bits per heavy atom. The second-order valence-corrected chi connectivity index (χ2v) is 6.96. The maximum Gasteiger partial charge on any atom is 0.233 e. The summed E-state index contributed by atoms with van der Waals surface area (Å²) in [5.74, 6) is -0.153. The highest BCUT2D eigenvalue weighted by atomic mass is 32.2. The molecule has 3 rings (SSSR count). The molecular weight excluding hydrogens is 345 g/mol. The van der Waals surface area contributed by atoms with Crippen LogP contribution in [0.3, 0.4) is 0 Å². The lowest BCUT2D eigenvalue weighted by Crippen LogP contribution is -2.33. The minimum Gasteiger partial charge on any atom is -0.334 e. The lowest BCUT2D eigenvalue weighted by Gasteiger charge is -2.29. The number of carbonyl (C=O) groups is 1. The fourth-order valence-corrected chi connectivity index (χ4v) is 3.72. The summed E-state index contributed by atoms with van der Waals surface area (Å²) < 4.78 is 13.8. The second-order valence-electron chi connectivity index (χ2n) is 5.95. The lowest BCUT2D eigenvalue weighted by molar-refractivity contribution is -0.128. The van der Waals surface area contributed by atoms with Gasteiger partial charge in [0.15, 0.2) is 0 Å². The minimum absolute atomic E-state index is 0.0454. The molecule has 0 saturated carbocycles. The zero-order valence-electron chi connectivity index (χ0n) is 14.5. The summed E-state index contributed by atoms with van der Waals surface area (Å²) in [5.41, 5.74) is 2.09. The lowest BCUT2D eigenvalue weighted by atomic mass is 9.97. The highest BCUT2D eigenvalue weighted by molar-refractivity contribution is 8.00.